The number of ether oxygens (including phenoxy) is 1. The molecule has 0 spiro atoms. The molecule has 106 valence electrons. The van der Waals surface area contributed by atoms with E-state index in [0.717, 1.165) is 11.3 Å². The Morgan fingerprint density at radius 2 is 2.11 bits per heavy atom. The predicted molar refractivity (Wildman–Crippen MR) is 75.2 cm³/mol. The van der Waals surface area contributed by atoms with Crippen molar-refractivity contribution in [3.63, 3.8) is 0 Å². The van der Waals surface area contributed by atoms with Crippen molar-refractivity contribution in [3.8, 4) is 5.75 Å². The molecule has 0 aliphatic rings. The molecule has 1 rings (SSSR count). The minimum absolute atomic E-state index is 0.0295. The smallest absolute Gasteiger partial charge is 0.223 e. The van der Waals surface area contributed by atoms with E-state index in [1.165, 1.54) is 0 Å². The first kappa shape index (κ1) is 15.5. The van der Waals surface area contributed by atoms with Crippen molar-refractivity contribution in [2.24, 2.45) is 0 Å². The number of aliphatic hydroxyl groups is 1. The molecule has 1 N–H and O–H groups in total. The third-order valence-electron chi connectivity index (χ3n) is 3.43. The van der Waals surface area contributed by atoms with E-state index >= 15 is 0 Å². The first-order chi connectivity index (χ1) is 8.90. The molecule has 4 heteroatoms. The number of nitrogens with zero attached hydrogens (tertiary/aromatic N) is 1. The van der Waals surface area contributed by atoms with Crippen LogP contribution in [0.5, 0.6) is 5.75 Å². The Balaban J connectivity index is 2.59. The van der Waals surface area contributed by atoms with E-state index in [2.05, 4.69) is 0 Å². The van der Waals surface area contributed by atoms with Crippen LogP contribution in [0.3, 0.4) is 0 Å². The number of amides is 1. The molecule has 0 saturated heterocycles. The molecule has 19 heavy (non-hydrogen) atoms. The minimum Gasteiger partial charge on any atom is -0.497 e. The van der Waals surface area contributed by atoms with Gasteiger partial charge in [-0.15, -0.1) is 0 Å². The normalized spacial score (nSPS) is 11.2. The van der Waals surface area contributed by atoms with Crippen LogP contribution in [0.15, 0.2) is 24.3 Å². The Hall–Kier alpha value is -1.55. The summed E-state index contributed by atoms with van der Waals surface area (Å²) in [5.74, 6) is 0.830. The highest BCUT2D eigenvalue weighted by atomic mass is 16.5. The van der Waals surface area contributed by atoms with Gasteiger partial charge in [0.15, 0.2) is 0 Å². The average Bonchev–Trinajstić information content (AvgIpc) is 2.44. The van der Waals surface area contributed by atoms with Crippen molar-refractivity contribution in [1.29, 1.82) is 0 Å². The zero-order chi connectivity index (χ0) is 14.5. The minimum atomic E-state index is -0.522. The van der Waals surface area contributed by atoms with Crippen LogP contribution in [0.2, 0.25) is 0 Å². The van der Waals surface area contributed by atoms with Crippen LogP contribution in [0.25, 0.3) is 0 Å². The highest BCUT2D eigenvalue weighted by molar-refractivity contribution is 5.77. The molecule has 0 aliphatic carbocycles. The number of hydrogen-bond acceptors (Lipinski definition) is 3. The second-order valence-electron chi connectivity index (χ2n) is 5.27. The lowest BCUT2D eigenvalue weighted by Crippen LogP contribution is -2.47. The maximum Gasteiger partial charge on any atom is 0.223 e. The van der Waals surface area contributed by atoms with Crippen molar-refractivity contribution >= 4 is 5.91 Å². The lowest BCUT2D eigenvalue weighted by atomic mass is 10.0. The maximum atomic E-state index is 12.1. The highest BCUT2D eigenvalue weighted by Gasteiger charge is 2.26. The summed E-state index contributed by atoms with van der Waals surface area (Å²) in [6.45, 7) is 3.64. The van der Waals surface area contributed by atoms with Crippen LogP contribution in [0, 0.1) is 0 Å². The molecule has 0 bridgehead atoms. The van der Waals surface area contributed by atoms with E-state index in [4.69, 9.17) is 4.74 Å². The van der Waals surface area contributed by atoms with Gasteiger partial charge in [-0.1, -0.05) is 12.1 Å². The molecule has 4 nitrogen and oxygen atoms in total. The molecule has 0 heterocycles. The molecule has 0 radical (unpaired) electrons. The zero-order valence-electron chi connectivity index (χ0n) is 12.1. The molecular weight excluding hydrogens is 242 g/mol. The van der Waals surface area contributed by atoms with E-state index in [-0.39, 0.29) is 12.5 Å². The van der Waals surface area contributed by atoms with Gasteiger partial charge in [-0.2, -0.15) is 0 Å². The quantitative estimate of drug-likeness (QED) is 0.854. The van der Waals surface area contributed by atoms with Crippen molar-refractivity contribution in [2.75, 3.05) is 20.8 Å². The van der Waals surface area contributed by atoms with Crippen molar-refractivity contribution in [3.05, 3.63) is 29.8 Å². The molecule has 1 aromatic rings. The van der Waals surface area contributed by atoms with Gasteiger partial charge in [-0.25, -0.2) is 0 Å². The van der Waals surface area contributed by atoms with Gasteiger partial charge in [0.2, 0.25) is 5.91 Å². The largest absolute Gasteiger partial charge is 0.497 e. The number of aliphatic hydroxyl groups excluding tert-OH is 1. The SMILES string of the molecule is COc1cccc(CCC(=O)N(C)C(C)(C)CO)c1. The Morgan fingerprint density at radius 3 is 2.68 bits per heavy atom. The van der Waals surface area contributed by atoms with E-state index in [0.29, 0.717) is 12.8 Å². The highest BCUT2D eigenvalue weighted by Crippen LogP contribution is 2.16. The summed E-state index contributed by atoms with van der Waals surface area (Å²) < 4.78 is 5.15. The number of benzene rings is 1. The summed E-state index contributed by atoms with van der Waals surface area (Å²) in [7, 11) is 3.35. The van der Waals surface area contributed by atoms with Crippen LogP contribution < -0.4 is 4.74 Å². The first-order valence-electron chi connectivity index (χ1n) is 6.41. The van der Waals surface area contributed by atoms with E-state index in [9.17, 15) is 9.90 Å². The molecule has 0 atom stereocenters. The number of hydrogen-bond donors (Lipinski definition) is 1. The molecule has 1 amide bonds. The third-order valence-corrected chi connectivity index (χ3v) is 3.43. The van der Waals surface area contributed by atoms with Gasteiger partial charge in [-0.05, 0) is 38.0 Å². The van der Waals surface area contributed by atoms with Crippen molar-refractivity contribution in [1.82, 2.24) is 4.90 Å². The zero-order valence-corrected chi connectivity index (χ0v) is 12.1. The van der Waals surface area contributed by atoms with E-state index in [1.54, 1.807) is 19.1 Å². The molecule has 1 aromatic carbocycles. The summed E-state index contributed by atoms with van der Waals surface area (Å²) in [6, 6.07) is 7.71. The molecule has 0 saturated carbocycles. The third kappa shape index (κ3) is 4.24. The van der Waals surface area contributed by atoms with Gasteiger partial charge in [0.25, 0.3) is 0 Å². The van der Waals surface area contributed by atoms with Gasteiger partial charge in [-0.3, -0.25) is 4.79 Å². The number of methoxy groups -OCH3 is 1. The fourth-order valence-electron chi connectivity index (χ4n) is 1.69. The Morgan fingerprint density at radius 1 is 1.42 bits per heavy atom. The monoisotopic (exact) mass is 265 g/mol. The Labute approximate surface area is 115 Å². The summed E-state index contributed by atoms with van der Waals surface area (Å²) in [4.78, 5) is 13.7. The number of carbonyl (C=O) groups is 1. The van der Waals surface area contributed by atoms with Crippen LogP contribution in [0.4, 0.5) is 0 Å². The second kappa shape index (κ2) is 6.57. The van der Waals surface area contributed by atoms with Gasteiger partial charge in [0.1, 0.15) is 5.75 Å². The molecule has 0 unspecified atom stereocenters. The average molecular weight is 265 g/mol. The lowest BCUT2D eigenvalue weighted by Gasteiger charge is -2.34. The van der Waals surface area contributed by atoms with Crippen LogP contribution in [-0.2, 0) is 11.2 Å². The van der Waals surface area contributed by atoms with Crippen molar-refractivity contribution in [2.45, 2.75) is 32.2 Å². The van der Waals surface area contributed by atoms with Crippen LogP contribution in [0.1, 0.15) is 25.8 Å². The van der Waals surface area contributed by atoms with Crippen molar-refractivity contribution < 1.29 is 14.6 Å². The second-order valence-corrected chi connectivity index (χ2v) is 5.27. The maximum absolute atomic E-state index is 12.1. The summed E-state index contributed by atoms with van der Waals surface area (Å²) in [5, 5.41) is 9.26. The van der Waals surface area contributed by atoms with E-state index < -0.39 is 5.54 Å². The van der Waals surface area contributed by atoms with Gasteiger partial charge in [0, 0.05) is 13.5 Å². The summed E-state index contributed by atoms with van der Waals surface area (Å²) >= 11 is 0. The van der Waals surface area contributed by atoms with Gasteiger partial charge < -0.3 is 14.7 Å². The Bertz CT molecular complexity index is 429. The Kier molecular flexibility index (Phi) is 5.36. The first-order valence-corrected chi connectivity index (χ1v) is 6.41. The summed E-state index contributed by atoms with van der Waals surface area (Å²) in [6.07, 6.45) is 1.09. The topological polar surface area (TPSA) is 49.8 Å². The lowest BCUT2D eigenvalue weighted by molar-refractivity contribution is -0.135. The number of rotatable bonds is 6. The fraction of sp³-hybridized carbons (Fsp3) is 0.533. The molecule has 0 aromatic heterocycles. The van der Waals surface area contributed by atoms with Gasteiger partial charge in [0.05, 0.1) is 19.3 Å². The van der Waals surface area contributed by atoms with Crippen LogP contribution in [-0.4, -0.2) is 42.2 Å². The van der Waals surface area contributed by atoms with E-state index in [1.807, 2.05) is 38.1 Å². The predicted octanol–water partition coefficient (Wildman–Crippen LogP) is 1.86. The number of aryl methyl sites for hydroxylation is 1. The number of carbonyl (C=O) groups excluding carboxylic acids is 1. The summed E-state index contributed by atoms with van der Waals surface area (Å²) in [5.41, 5.74) is 0.550. The molecule has 0 fully saturated rings. The van der Waals surface area contributed by atoms with Gasteiger partial charge >= 0.3 is 0 Å². The fourth-order valence-corrected chi connectivity index (χ4v) is 1.69. The van der Waals surface area contributed by atoms with Crippen LogP contribution >= 0.6 is 0 Å². The number of likely N-dealkylation sites (N-methyl/N-ethyl adjacent to an activating group) is 1. The molecule has 0 aliphatic heterocycles. The standard InChI is InChI=1S/C15H23NO3/c1-15(2,11-17)16(3)14(18)9-8-12-6-5-7-13(10-12)19-4/h5-7,10,17H,8-9,11H2,1-4H3. The molecular formula is C15H23NO3.